The first-order chi connectivity index (χ1) is 19.6. The molecular weight excluding hydrogens is 518 g/mol. The van der Waals surface area contributed by atoms with Crippen LogP contribution >= 0.6 is 0 Å². The molecule has 0 N–H and O–H groups in total. The van der Waals surface area contributed by atoms with Gasteiger partial charge in [-0.05, 0) is 17.7 Å². The number of fused-ring (bicyclic) bond motifs is 5. The molecule has 3 aromatic rings. The molecule has 210 valence electrons. The minimum absolute atomic E-state index is 0.0807. The van der Waals surface area contributed by atoms with Crippen molar-refractivity contribution in [1.82, 2.24) is 0 Å². The first-order valence-corrected chi connectivity index (χ1v) is 13.7. The minimum atomic E-state index is -1.62. The average molecular weight is 552 g/mol. The lowest BCUT2D eigenvalue weighted by Crippen LogP contribution is -2.49. The Bertz CT molecular complexity index is 1600. The van der Waals surface area contributed by atoms with Gasteiger partial charge in [-0.1, -0.05) is 81.5 Å². The van der Waals surface area contributed by atoms with E-state index >= 15 is 0 Å². The molecule has 1 aliphatic carbocycles. The van der Waals surface area contributed by atoms with E-state index in [1.165, 1.54) is 21.3 Å². The van der Waals surface area contributed by atoms with Gasteiger partial charge in [0.05, 0.1) is 33.4 Å². The number of hydrogen-bond donors (Lipinski definition) is 0. The van der Waals surface area contributed by atoms with Gasteiger partial charge >= 0.3 is 0 Å². The Morgan fingerprint density at radius 1 is 0.805 bits per heavy atom. The first kappa shape index (κ1) is 26.8. The highest BCUT2D eigenvalue weighted by molar-refractivity contribution is 6.32. The Hall–Kier alpha value is -4.39. The molecule has 0 bridgehead atoms. The molecular formula is C34H33NO6. The van der Waals surface area contributed by atoms with Crippen molar-refractivity contribution in [1.29, 1.82) is 0 Å². The molecule has 7 heteroatoms. The molecule has 1 saturated heterocycles. The lowest BCUT2D eigenvalue weighted by molar-refractivity contribution is -0.127. The number of carbonyl (C=O) groups excluding carboxylic acids is 3. The normalized spacial score (nSPS) is 21.9. The van der Waals surface area contributed by atoms with Gasteiger partial charge in [0.2, 0.25) is 5.75 Å². The third-order valence-electron chi connectivity index (χ3n) is 8.79. The number of Topliss-reactive ketones (excluding diaryl/α,β-unsaturated/α-hetero) is 3. The zero-order valence-electron chi connectivity index (χ0n) is 24.1. The van der Waals surface area contributed by atoms with Gasteiger partial charge in [-0.15, -0.1) is 0 Å². The number of methoxy groups -OCH3 is 3. The second-order valence-corrected chi connectivity index (χ2v) is 11.8. The third-order valence-corrected chi connectivity index (χ3v) is 8.79. The van der Waals surface area contributed by atoms with Crippen LogP contribution in [-0.2, 0) is 4.79 Å². The number of ketones is 3. The van der Waals surface area contributed by atoms with Crippen LogP contribution in [0.2, 0.25) is 0 Å². The maximum Gasteiger partial charge on any atom is 0.203 e. The molecule has 2 aliphatic heterocycles. The molecule has 6 rings (SSSR count). The van der Waals surface area contributed by atoms with E-state index in [0.29, 0.717) is 33.9 Å². The number of carbonyl (C=O) groups is 3. The topological polar surface area (TPSA) is 82.1 Å². The van der Waals surface area contributed by atoms with Gasteiger partial charge in [-0.25, -0.2) is 0 Å². The highest BCUT2D eigenvalue weighted by Crippen LogP contribution is 2.63. The molecule has 3 aromatic carbocycles. The minimum Gasteiger partial charge on any atom is -0.493 e. The summed E-state index contributed by atoms with van der Waals surface area (Å²) in [6.45, 7) is 5.62. The third kappa shape index (κ3) is 3.47. The summed E-state index contributed by atoms with van der Waals surface area (Å²) in [5.41, 5.74) is 0.614. The molecule has 3 atom stereocenters. The zero-order valence-corrected chi connectivity index (χ0v) is 24.1. The molecule has 0 amide bonds. The number of para-hydroxylation sites is 1. The van der Waals surface area contributed by atoms with Crippen molar-refractivity contribution >= 4 is 29.1 Å². The van der Waals surface area contributed by atoms with Gasteiger partial charge in [0.25, 0.3) is 0 Å². The summed E-state index contributed by atoms with van der Waals surface area (Å²) >= 11 is 0. The highest BCUT2D eigenvalue weighted by atomic mass is 16.5. The van der Waals surface area contributed by atoms with Crippen LogP contribution < -0.4 is 19.1 Å². The van der Waals surface area contributed by atoms with Crippen LogP contribution in [0.25, 0.3) is 6.08 Å². The second kappa shape index (κ2) is 9.33. The van der Waals surface area contributed by atoms with Gasteiger partial charge in [0.1, 0.15) is 5.41 Å². The summed E-state index contributed by atoms with van der Waals surface area (Å²) in [5, 5.41) is 0. The molecule has 1 spiro atoms. The van der Waals surface area contributed by atoms with Crippen molar-refractivity contribution < 1.29 is 28.6 Å². The summed E-state index contributed by atoms with van der Waals surface area (Å²) in [4.78, 5) is 46.2. The summed E-state index contributed by atoms with van der Waals surface area (Å²) < 4.78 is 17.2. The lowest BCUT2D eigenvalue weighted by Gasteiger charge is -2.38. The molecule has 7 nitrogen and oxygen atoms in total. The fraction of sp³-hybridized carbons (Fsp3) is 0.324. The van der Waals surface area contributed by atoms with Gasteiger partial charge in [0.15, 0.2) is 28.8 Å². The molecule has 1 fully saturated rings. The second-order valence-electron chi connectivity index (χ2n) is 11.8. The Balaban J connectivity index is 1.74. The molecule has 0 aromatic heterocycles. The van der Waals surface area contributed by atoms with E-state index in [4.69, 9.17) is 14.2 Å². The summed E-state index contributed by atoms with van der Waals surface area (Å²) in [6.07, 6.45) is 3.87. The van der Waals surface area contributed by atoms with Crippen molar-refractivity contribution in [3.63, 3.8) is 0 Å². The standard InChI is InChI=1S/C34H33NO6/c1-33(2,3)32(38)27-26(22-16-17-24(39-4)29(41-6)28(22)40-5)34(30(36)20-12-8-9-13-21(20)31(34)37)25-18-15-19-11-7-10-14-23(19)35(25)27/h7-18,25-27H,1-6H3/t25-,26-,27-/m1/s1. The number of anilines is 1. The van der Waals surface area contributed by atoms with E-state index in [1.807, 2.05) is 62.1 Å². The number of nitrogens with zero attached hydrogens (tertiary/aromatic N) is 1. The van der Waals surface area contributed by atoms with Crippen LogP contribution in [0.1, 0.15) is 58.5 Å². The fourth-order valence-corrected chi connectivity index (χ4v) is 7.07. The highest BCUT2D eigenvalue weighted by Gasteiger charge is 2.72. The Kier molecular flexibility index (Phi) is 6.10. The Morgan fingerprint density at radius 3 is 2.00 bits per heavy atom. The summed E-state index contributed by atoms with van der Waals surface area (Å²) in [5.74, 6) is -0.446. The SMILES string of the molecule is COc1ccc([C@@H]2[C@H](C(=O)C(C)(C)C)N3c4ccccc4C=C[C@@H]3C23C(=O)c2ccccc2C3=O)c(OC)c1OC. The quantitative estimate of drug-likeness (QED) is 0.373. The Morgan fingerprint density at radius 2 is 1.41 bits per heavy atom. The van der Waals surface area contributed by atoms with Crippen LogP contribution in [0.15, 0.2) is 66.7 Å². The van der Waals surface area contributed by atoms with Crippen molar-refractivity contribution in [3.8, 4) is 17.2 Å². The van der Waals surface area contributed by atoms with E-state index in [9.17, 15) is 14.4 Å². The maximum atomic E-state index is 14.8. The van der Waals surface area contributed by atoms with Crippen LogP contribution in [0.3, 0.4) is 0 Å². The number of hydrogen-bond acceptors (Lipinski definition) is 7. The predicted molar refractivity (Wildman–Crippen MR) is 156 cm³/mol. The molecule has 3 aliphatic rings. The van der Waals surface area contributed by atoms with E-state index < -0.39 is 28.8 Å². The molecule has 2 heterocycles. The van der Waals surface area contributed by atoms with E-state index in [1.54, 1.807) is 36.4 Å². The van der Waals surface area contributed by atoms with Crippen molar-refractivity contribution in [2.75, 3.05) is 26.2 Å². The van der Waals surface area contributed by atoms with Crippen LogP contribution in [0, 0.1) is 10.8 Å². The van der Waals surface area contributed by atoms with Gasteiger partial charge in [-0.2, -0.15) is 0 Å². The largest absolute Gasteiger partial charge is 0.493 e. The summed E-state index contributed by atoms with van der Waals surface area (Å²) in [6, 6.07) is 16.7. The predicted octanol–water partition coefficient (Wildman–Crippen LogP) is 5.76. The van der Waals surface area contributed by atoms with Crippen LogP contribution in [0.5, 0.6) is 17.2 Å². The number of rotatable bonds is 5. The van der Waals surface area contributed by atoms with Crippen molar-refractivity contribution in [2.24, 2.45) is 10.8 Å². The van der Waals surface area contributed by atoms with E-state index in [0.717, 1.165) is 11.3 Å². The van der Waals surface area contributed by atoms with Gasteiger partial charge in [0, 0.05) is 33.7 Å². The van der Waals surface area contributed by atoms with E-state index in [2.05, 4.69) is 0 Å². The fourth-order valence-electron chi connectivity index (χ4n) is 7.07. The lowest BCUT2D eigenvalue weighted by atomic mass is 9.63. The van der Waals surface area contributed by atoms with Crippen LogP contribution in [-0.4, -0.2) is 50.8 Å². The number of ether oxygens (including phenoxy) is 3. The van der Waals surface area contributed by atoms with Crippen LogP contribution in [0.4, 0.5) is 5.69 Å². The first-order valence-electron chi connectivity index (χ1n) is 13.7. The smallest absolute Gasteiger partial charge is 0.203 e. The average Bonchev–Trinajstić information content (AvgIpc) is 3.41. The molecule has 0 saturated carbocycles. The monoisotopic (exact) mass is 551 g/mol. The van der Waals surface area contributed by atoms with Gasteiger partial charge < -0.3 is 19.1 Å². The van der Waals surface area contributed by atoms with E-state index in [-0.39, 0.29) is 17.3 Å². The van der Waals surface area contributed by atoms with Crippen molar-refractivity contribution in [3.05, 3.63) is 89.0 Å². The molecule has 41 heavy (non-hydrogen) atoms. The number of benzene rings is 3. The molecule has 0 unspecified atom stereocenters. The summed E-state index contributed by atoms with van der Waals surface area (Å²) in [7, 11) is 4.55. The van der Waals surface area contributed by atoms with Crippen molar-refractivity contribution in [2.45, 2.75) is 38.8 Å². The zero-order chi connectivity index (χ0) is 29.3. The van der Waals surface area contributed by atoms with Gasteiger partial charge in [-0.3, -0.25) is 14.4 Å². The Labute approximate surface area is 239 Å². The molecule has 0 radical (unpaired) electrons. The maximum absolute atomic E-state index is 14.8.